The highest BCUT2D eigenvalue weighted by molar-refractivity contribution is 7.89. The van der Waals surface area contributed by atoms with E-state index < -0.39 is 29.2 Å². The number of hydrogen-bond donors (Lipinski definition) is 2. The van der Waals surface area contributed by atoms with Crippen LogP contribution >= 0.6 is 0 Å². The van der Waals surface area contributed by atoms with Crippen molar-refractivity contribution in [1.29, 1.82) is 0 Å². The van der Waals surface area contributed by atoms with Crippen LogP contribution in [0.4, 0.5) is 13.2 Å². The first-order valence-corrected chi connectivity index (χ1v) is 7.50. The monoisotopic (exact) mass is 320 g/mol. The second kappa shape index (κ2) is 6.93. The lowest BCUT2D eigenvalue weighted by Crippen LogP contribution is -2.28. The molecule has 21 heavy (non-hydrogen) atoms. The van der Waals surface area contributed by atoms with Crippen LogP contribution < -0.4 is 10.5 Å². The van der Waals surface area contributed by atoms with Gasteiger partial charge in [-0.3, -0.25) is 0 Å². The molecule has 0 spiro atoms. The summed E-state index contributed by atoms with van der Waals surface area (Å²) in [5, 5.41) is 0. The number of rotatable bonds is 4. The quantitative estimate of drug-likeness (QED) is 0.827. The van der Waals surface area contributed by atoms with Gasteiger partial charge in [0, 0.05) is 12.1 Å². The summed E-state index contributed by atoms with van der Waals surface area (Å²) < 4.78 is 62.2. The molecule has 0 radical (unpaired) electrons. The second-order valence-electron chi connectivity index (χ2n) is 4.27. The Kier molecular flexibility index (Phi) is 5.78. The molecule has 0 heterocycles. The van der Waals surface area contributed by atoms with Gasteiger partial charge in [-0.1, -0.05) is 17.9 Å². The van der Waals surface area contributed by atoms with E-state index in [9.17, 15) is 21.6 Å². The van der Waals surface area contributed by atoms with Crippen LogP contribution in [0.15, 0.2) is 23.1 Å². The van der Waals surface area contributed by atoms with Crippen LogP contribution in [0.3, 0.4) is 0 Å². The summed E-state index contributed by atoms with van der Waals surface area (Å²) in [6.45, 7) is 1.08. The van der Waals surface area contributed by atoms with Gasteiger partial charge in [-0.25, -0.2) is 13.1 Å². The molecule has 0 aliphatic rings. The maximum absolute atomic E-state index is 12.1. The number of hydrogen-bond acceptors (Lipinski definition) is 3. The summed E-state index contributed by atoms with van der Waals surface area (Å²) in [6, 6.07) is 4.40. The van der Waals surface area contributed by atoms with Crippen molar-refractivity contribution in [3.8, 4) is 11.8 Å². The fourth-order valence-electron chi connectivity index (χ4n) is 1.53. The summed E-state index contributed by atoms with van der Waals surface area (Å²) in [4.78, 5) is -0.156. The van der Waals surface area contributed by atoms with Gasteiger partial charge in [-0.2, -0.15) is 13.2 Å². The van der Waals surface area contributed by atoms with Crippen LogP contribution in [0.5, 0.6) is 0 Å². The Morgan fingerprint density at radius 3 is 2.57 bits per heavy atom. The van der Waals surface area contributed by atoms with Crippen molar-refractivity contribution >= 4 is 10.0 Å². The minimum atomic E-state index is -4.42. The van der Waals surface area contributed by atoms with Crippen LogP contribution in [0.2, 0.25) is 0 Å². The molecule has 0 aromatic heterocycles. The van der Waals surface area contributed by atoms with E-state index in [-0.39, 0.29) is 17.0 Å². The number of halogens is 3. The molecule has 1 aromatic rings. The molecule has 3 N–H and O–H groups in total. The van der Waals surface area contributed by atoms with Crippen molar-refractivity contribution in [2.24, 2.45) is 5.73 Å². The molecule has 0 bridgehead atoms. The Morgan fingerprint density at radius 2 is 2.00 bits per heavy atom. The fourth-order valence-corrected chi connectivity index (χ4v) is 2.70. The maximum Gasteiger partial charge on any atom is 0.390 e. The van der Waals surface area contributed by atoms with Crippen LogP contribution in [0.1, 0.15) is 17.5 Å². The topological polar surface area (TPSA) is 72.2 Å². The van der Waals surface area contributed by atoms with Gasteiger partial charge >= 0.3 is 6.18 Å². The van der Waals surface area contributed by atoms with Gasteiger partial charge in [-0.05, 0) is 24.6 Å². The zero-order valence-corrected chi connectivity index (χ0v) is 12.1. The molecule has 8 heteroatoms. The maximum atomic E-state index is 12.1. The third-order valence-electron chi connectivity index (χ3n) is 2.45. The highest BCUT2D eigenvalue weighted by Gasteiger charge is 2.28. The predicted octanol–water partition coefficient (Wildman–Crippen LogP) is 1.54. The first-order chi connectivity index (χ1) is 9.65. The van der Waals surface area contributed by atoms with Gasteiger partial charge in [0.15, 0.2) is 0 Å². The Morgan fingerprint density at radius 1 is 1.33 bits per heavy atom. The van der Waals surface area contributed by atoms with E-state index in [1.807, 2.05) is 4.72 Å². The van der Waals surface area contributed by atoms with Crippen LogP contribution in [0, 0.1) is 18.8 Å². The zero-order valence-electron chi connectivity index (χ0n) is 11.3. The molecule has 0 fully saturated rings. The third kappa shape index (κ3) is 5.75. The summed E-state index contributed by atoms with van der Waals surface area (Å²) in [5.74, 6) is 5.14. The van der Waals surface area contributed by atoms with Gasteiger partial charge in [0.2, 0.25) is 10.0 Å². The Hall–Kier alpha value is -1.56. The number of aryl methyl sites for hydroxylation is 1. The summed E-state index contributed by atoms with van der Waals surface area (Å²) in [5.41, 5.74) is 6.23. The number of alkyl halides is 3. The van der Waals surface area contributed by atoms with Crippen molar-refractivity contribution in [3.05, 3.63) is 29.3 Å². The van der Waals surface area contributed by atoms with Crippen molar-refractivity contribution in [1.82, 2.24) is 4.72 Å². The first kappa shape index (κ1) is 17.5. The molecule has 0 atom stereocenters. The van der Waals surface area contributed by atoms with Crippen LogP contribution in [-0.4, -0.2) is 27.7 Å². The smallest absolute Gasteiger partial charge is 0.320 e. The van der Waals surface area contributed by atoms with E-state index in [2.05, 4.69) is 11.8 Å². The standard InChI is InChI=1S/C13H15F3N2O2S/c1-10-4-5-12(11(9-10)3-2-7-17)21(19,20)18-8-6-13(14,15)16/h4-5,9,18H,6-8,17H2,1H3. The van der Waals surface area contributed by atoms with Crippen molar-refractivity contribution in [2.75, 3.05) is 13.1 Å². The predicted molar refractivity (Wildman–Crippen MR) is 73.0 cm³/mol. The van der Waals surface area contributed by atoms with Crippen LogP contribution in [0.25, 0.3) is 0 Å². The van der Waals surface area contributed by atoms with Crippen molar-refractivity contribution < 1.29 is 21.6 Å². The van der Waals surface area contributed by atoms with Gasteiger partial charge in [0.05, 0.1) is 17.9 Å². The van der Waals surface area contributed by atoms with Gasteiger partial charge in [0.1, 0.15) is 0 Å². The fraction of sp³-hybridized carbons (Fsp3) is 0.385. The lowest BCUT2D eigenvalue weighted by Gasteiger charge is -2.10. The molecule has 0 aliphatic heterocycles. The lowest BCUT2D eigenvalue weighted by atomic mass is 10.1. The molecule has 0 saturated carbocycles. The van der Waals surface area contributed by atoms with Gasteiger partial charge in [0.25, 0.3) is 0 Å². The largest absolute Gasteiger partial charge is 0.390 e. The Bertz CT molecular complexity index is 658. The zero-order chi connectivity index (χ0) is 16.1. The first-order valence-electron chi connectivity index (χ1n) is 6.02. The lowest BCUT2D eigenvalue weighted by molar-refractivity contribution is -0.132. The molecule has 0 saturated heterocycles. The third-order valence-corrected chi connectivity index (χ3v) is 3.97. The average Bonchev–Trinajstić information content (AvgIpc) is 2.34. The molecule has 1 aromatic carbocycles. The van der Waals surface area contributed by atoms with E-state index in [0.29, 0.717) is 0 Å². The molecule has 0 amide bonds. The highest BCUT2D eigenvalue weighted by Crippen LogP contribution is 2.20. The molecule has 0 unspecified atom stereocenters. The SMILES string of the molecule is Cc1ccc(S(=O)(=O)NCCC(F)(F)F)c(C#CCN)c1. The second-order valence-corrected chi connectivity index (χ2v) is 6.00. The van der Waals surface area contributed by atoms with Gasteiger partial charge in [-0.15, -0.1) is 0 Å². The average molecular weight is 320 g/mol. The molecular formula is C13H15F3N2O2S. The Labute approximate surface area is 121 Å². The van der Waals surface area contributed by atoms with Gasteiger partial charge < -0.3 is 5.73 Å². The number of nitrogens with two attached hydrogens (primary N) is 1. The van der Waals surface area contributed by atoms with Crippen molar-refractivity contribution in [3.63, 3.8) is 0 Å². The Balaban J connectivity index is 3.02. The van der Waals surface area contributed by atoms with E-state index in [1.165, 1.54) is 6.07 Å². The molecule has 0 aliphatic carbocycles. The minimum Gasteiger partial charge on any atom is -0.320 e. The van der Waals surface area contributed by atoms with E-state index in [4.69, 9.17) is 5.73 Å². The molecule has 4 nitrogen and oxygen atoms in total. The number of nitrogens with one attached hydrogen (secondary N) is 1. The summed E-state index contributed by atoms with van der Waals surface area (Å²) >= 11 is 0. The number of benzene rings is 1. The molecular weight excluding hydrogens is 305 g/mol. The summed E-state index contributed by atoms with van der Waals surface area (Å²) in [7, 11) is -4.05. The number of sulfonamides is 1. The molecule has 1 rings (SSSR count). The van der Waals surface area contributed by atoms with Crippen molar-refractivity contribution in [2.45, 2.75) is 24.4 Å². The minimum absolute atomic E-state index is 0.0505. The highest BCUT2D eigenvalue weighted by atomic mass is 32.2. The van der Waals surface area contributed by atoms with E-state index >= 15 is 0 Å². The van der Waals surface area contributed by atoms with E-state index in [0.717, 1.165) is 5.56 Å². The normalized spacial score (nSPS) is 11.9. The van der Waals surface area contributed by atoms with E-state index in [1.54, 1.807) is 19.1 Å². The van der Waals surface area contributed by atoms with Crippen LogP contribution in [-0.2, 0) is 10.0 Å². The molecule has 116 valence electrons. The summed E-state index contributed by atoms with van der Waals surface area (Å²) in [6.07, 6.45) is -5.65.